The molecule has 8 heavy (non-hydrogen) atoms. The molecule has 0 saturated carbocycles. The number of hydrogen-bond donors (Lipinski definition) is 0. The van der Waals surface area contributed by atoms with Crippen LogP contribution in [0.1, 0.15) is 0 Å². The van der Waals surface area contributed by atoms with Crippen LogP contribution in [-0.4, -0.2) is 11.6 Å². The first-order valence-electron chi connectivity index (χ1n) is 1.91. The molecular weight excluding hydrogens is 104 g/mol. The van der Waals surface area contributed by atoms with E-state index in [4.69, 9.17) is 0 Å². The Morgan fingerprint density at radius 2 is 1.00 bits per heavy atom. The first-order chi connectivity index (χ1) is 3.79. The minimum absolute atomic E-state index is 0.482. The Morgan fingerprint density at radius 1 is 0.750 bits per heavy atom. The van der Waals surface area contributed by atoms with Crippen molar-refractivity contribution in [2.24, 2.45) is 0 Å². The van der Waals surface area contributed by atoms with Gasteiger partial charge >= 0.3 is 0 Å². The topological polar surface area (TPSA) is 34.1 Å². The molecule has 0 unspecified atom stereocenters. The first-order valence-corrected chi connectivity index (χ1v) is 1.91. The van der Waals surface area contributed by atoms with Crippen molar-refractivity contribution in [3.8, 4) is 0 Å². The molecule has 0 aromatic carbocycles. The van der Waals surface area contributed by atoms with Crippen LogP contribution in [-0.2, 0) is 9.59 Å². The summed E-state index contributed by atoms with van der Waals surface area (Å²) in [6, 6.07) is 0. The first kappa shape index (κ1) is 4.97. The van der Waals surface area contributed by atoms with E-state index in [-0.39, 0.29) is 0 Å². The summed E-state index contributed by atoms with van der Waals surface area (Å²) < 4.78 is 0. The molecular formula is C6O2. The maximum Gasteiger partial charge on any atom is 0.196 e. The number of ketones is 2. The smallest absolute Gasteiger partial charge is 0.196 e. The van der Waals surface area contributed by atoms with Crippen LogP contribution in [0.3, 0.4) is 0 Å². The van der Waals surface area contributed by atoms with E-state index < -0.39 is 11.6 Å². The Balaban J connectivity index is 2.83. The summed E-state index contributed by atoms with van der Waals surface area (Å²) in [5.74, 6) is -0.964. The monoisotopic (exact) mass is 104 g/mol. The third-order valence-electron chi connectivity index (χ3n) is 0.579. The molecule has 0 N–H and O–H groups in total. The lowest BCUT2D eigenvalue weighted by molar-refractivity contribution is -0.115. The highest BCUT2D eigenvalue weighted by Gasteiger charge is 2.01. The second kappa shape index (κ2) is 1.74. The largest absolute Gasteiger partial charge is 0.289 e. The summed E-state index contributed by atoms with van der Waals surface area (Å²) in [5, 5.41) is 0. The number of carbonyl (C=O) groups is 2. The van der Waals surface area contributed by atoms with Gasteiger partial charge in [0.1, 0.15) is 0 Å². The van der Waals surface area contributed by atoms with E-state index in [1.165, 1.54) is 0 Å². The molecule has 2 nitrogen and oxygen atoms in total. The summed E-state index contributed by atoms with van der Waals surface area (Å²) in [7, 11) is 0. The third kappa shape index (κ3) is 0.904. The van der Waals surface area contributed by atoms with Crippen LogP contribution in [0.15, 0.2) is 0 Å². The lowest BCUT2D eigenvalue weighted by atomic mass is 10.2. The lowest BCUT2D eigenvalue weighted by Gasteiger charge is -1.83. The Kier molecular flexibility index (Phi) is 1.08. The molecule has 1 rings (SSSR count). The van der Waals surface area contributed by atoms with Crippen LogP contribution in [0.4, 0.5) is 0 Å². The summed E-state index contributed by atoms with van der Waals surface area (Å²) in [6.07, 6.45) is 8.08. The zero-order chi connectivity index (χ0) is 5.98. The Bertz CT molecular complexity index is 149. The van der Waals surface area contributed by atoms with E-state index in [0.717, 1.165) is 0 Å². The van der Waals surface area contributed by atoms with Gasteiger partial charge < -0.3 is 0 Å². The molecule has 0 aromatic heterocycles. The minimum atomic E-state index is -0.482. The fraction of sp³-hybridized carbons (Fsp3) is 0. The highest BCUT2D eigenvalue weighted by Crippen LogP contribution is 1.86. The number of hydrogen-bond acceptors (Lipinski definition) is 2. The Hall–Kier alpha value is -1.18. The van der Waals surface area contributed by atoms with Crippen molar-refractivity contribution in [1.82, 2.24) is 0 Å². The van der Waals surface area contributed by atoms with Gasteiger partial charge in [0.25, 0.3) is 0 Å². The molecule has 0 atom stereocenters. The second-order valence-electron chi connectivity index (χ2n) is 1.16. The van der Waals surface area contributed by atoms with Gasteiger partial charge in [-0.3, -0.25) is 9.59 Å². The molecule has 0 spiro atoms. The van der Waals surface area contributed by atoms with Gasteiger partial charge in [-0.15, -0.1) is 0 Å². The van der Waals surface area contributed by atoms with Gasteiger partial charge in [-0.25, -0.2) is 0 Å². The molecule has 0 fully saturated rings. The van der Waals surface area contributed by atoms with Crippen LogP contribution in [0.5, 0.6) is 0 Å². The van der Waals surface area contributed by atoms with E-state index in [1.807, 2.05) is 24.3 Å². The zero-order valence-electron chi connectivity index (χ0n) is 3.82. The van der Waals surface area contributed by atoms with Crippen molar-refractivity contribution < 1.29 is 9.59 Å². The predicted octanol–water partition coefficient (Wildman–Crippen LogP) is -0.537. The van der Waals surface area contributed by atoms with Crippen LogP contribution in [0, 0.1) is 24.3 Å². The number of rotatable bonds is 0. The summed E-state index contributed by atoms with van der Waals surface area (Å²) >= 11 is 0. The molecule has 0 saturated heterocycles. The van der Waals surface area contributed by atoms with Gasteiger partial charge in [0.15, 0.2) is 11.6 Å². The van der Waals surface area contributed by atoms with Crippen molar-refractivity contribution in [2.75, 3.05) is 0 Å². The molecule has 0 heterocycles. The van der Waals surface area contributed by atoms with Gasteiger partial charge in [-0.2, -0.15) is 0 Å². The van der Waals surface area contributed by atoms with E-state index >= 15 is 0 Å². The molecule has 2 heteroatoms. The molecule has 0 amide bonds. The van der Waals surface area contributed by atoms with E-state index in [0.29, 0.717) is 0 Å². The minimum Gasteiger partial charge on any atom is -0.289 e. The highest BCUT2D eigenvalue weighted by molar-refractivity contribution is 6.05. The maximum atomic E-state index is 10.1. The average molecular weight is 104 g/mol. The number of Topliss-reactive ketones (excluding diaryl/α,β-unsaturated/α-hetero) is 2. The van der Waals surface area contributed by atoms with Gasteiger partial charge in [0.05, 0.1) is 0 Å². The fourth-order valence-electron chi connectivity index (χ4n) is 0.290. The quantitative estimate of drug-likeness (QED) is 0.387. The predicted molar refractivity (Wildman–Crippen MR) is 23.0 cm³/mol. The standard InChI is InChI=1S/C6O2/c7-5-1-2-6(8)4-3-5. The van der Waals surface area contributed by atoms with Crippen molar-refractivity contribution in [2.45, 2.75) is 0 Å². The van der Waals surface area contributed by atoms with Gasteiger partial charge in [-0.1, -0.05) is 0 Å². The molecule has 36 valence electrons. The normalized spacial score (nSPS) is 17.5. The molecule has 1 aliphatic carbocycles. The SMILES string of the molecule is O=C1[C]=[C]C(=O)[C]=[C]1. The summed E-state index contributed by atoms with van der Waals surface area (Å²) in [6.45, 7) is 0. The average Bonchev–Trinajstić information content (AvgIpc) is 1.77. The summed E-state index contributed by atoms with van der Waals surface area (Å²) in [5.41, 5.74) is 0. The zero-order valence-corrected chi connectivity index (χ0v) is 3.82. The van der Waals surface area contributed by atoms with Crippen molar-refractivity contribution >= 4 is 11.6 Å². The van der Waals surface area contributed by atoms with Crippen LogP contribution in [0.2, 0.25) is 0 Å². The van der Waals surface area contributed by atoms with Crippen molar-refractivity contribution in [1.29, 1.82) is 0 Å². The molecule has 0 aliphatic heterocycles. The van der Waals surface area contributed by atoms with E-state index in [2.05, 4.69) is 0 Å². The molecule has 1 aliphatic rings. The van der Waals surface area contributed by atoms with E-state index in [1.54, 1.807) is 0 Å². The third-order valence-corrected chi connectivity index (χ3v) is 0.579. The Labute approximate surface area is 46.5 Å². The molecule has 0 bridgehead atoms. The van der Waals surface area contributed by atoms with E-state index in [9.17, 15) is 9.59 Å². The fourth-order valence-corrected chi connectivity index (χ4v) is 0.290. The maximum absolute atomic E-state index is 10.1. The van der Waals surface area contributed by atoms with Crippen molar-refractivity contribution in [3.05, 3.63) is 24.3 Å². The van der Waals surface area contributed by atoms with Crippen LogP contribution >= 0.6 is 0 Å². The van der Waals surface area contributed by atoms with Crippen molar-refractivity contribution in [3.63, 3.8) is 0 Å². The Morgan fingerprint density at radius 3 is 1.25 bits per heavy atom. The van der Waals surface area contributed by atoms with Crippen LogP contribution < -0.4 is 0 Å². The van der Waals surface area contributed by atoms with Crippen LogP contribution in [0.25, 0.3) is 0 Å². The number of carbonyl (C=O) groups excluding carboxylic acids is 2. The van der Waals surface area contributed by atoms with Gasteiger partial charge in [-0.05, 0) is 0 Å². The second-order valence-corrected chi connectivity index (χ2v) is 1.16. The lowest BCUT2D eigenvalue weighted by Crippen LogP contribution is -2.00. The van der Waals surface area contributed by atoms with Gasteiger partial charge in [0, 0.05) is 24.3 Å². The van der Waals surface area contributed by atoms with Gasteiger partial charge in [0.2, 0.25) is 0 Å². The number of allylic oxidation sites excluding steroid dienone is 4. The molecule has 4 radical (unpaired) electrons. The molecule has 0 aromatic rings. The summed E-state index contributed by atoms with van der Waals surface area (Å²) in [4.78, 5) is 20.2. The highest BCUT2D eigenvalue weighted by atomic mass is 16.1.